The van der Waals surface area contributed by atoms with Crippen LogP contribution in [-0.2, 0) is 9.84 Å². The third-order valence-electron chi connectivity index (χ3n) is 2.48. The molecule has 0 aliphatic rings. The van der Waals surface area contributed by atoms with E-state index in [0.717, 1.165) is 6.26 Å². The summed E-state index contributed by atoms with van der Waals surface area (Å²) >= 11 is 5.79. The van der Waals surface area contributed by atoms with Gasteiger partial charge in [0.2, 0.25) is 15.0 Å². The summed E-state index contributed by atoms with van der Waals surface area (Å²) in [5.74, 6) is -0.173. The van der Waals surface area contributed by atoms with E-state index < -0.39 is 15.0 Å². The highest BCUT2D eigenvalue weighted by atomic mass is 35.5. The molecular formula is C12H9ClN4O2S. The third-order valence-corrected chi connectivity index (χ3v) is 3.58. The van der Waals surface area contributed by atoms with Gasteiger partial charge in [0.25, 0.3) is 0 Å². The Morgan fingerprint density at radius 1 is 1.25 bits per heavy atom. The topological polar surface area (TPSA) is 110 Å². The molecule has 6 nitrogen and oxygen atoms in total. The summed E-state index contributed by atoms with van der Waals surface area (Å²) in [5, 5.41) is 9.22. The molecule has 2 aromatic rings. The lowest BCUT2D eigenvalue weighted by Crippen LogP contribution is -2.09. The van der Waals surface area contributed by atoms with E-state index in [-0.39, 0.29) is 17.1 Å². The van der Waals surface area contributed by atoms with Crippen LogP contribution in [0, 0.1) is 11.3 Å². The Kier molecular flexibility index (Phi) is 3.61. The predicted octanol–water partition coefficient (Wildman–Crippen LogP) is 1.65. The number of hydrogen-bond donors (Lipinski definition) is 1. The van der Waals surface area contributed by atoms with E-state index in [1.165, 1.54) is 0 Å². The van der Waals surface area contributed by atoms with Crippen LogP contribution in [0.15, 0.2) is 29.4 Å². The number of hydrogen-bond acceptors (Lipinski definition) is 6. The van der Waals surface area contributed by atoms with Gasteiger partial charge in [-0.1, -0.05) is 23.7 Å². The summed E-state index contributed by atoms with van der Waals surface area (Å²) in [6, 6.07) is 8.34. The number of nitrogen functional groups attached to an aromatic ring is 1. The first-order valence-electron chi connectivity index (χ1n) is 5.36. The van der Waals surface area contributed by atoms with Crippen molar-refractivity contribution < 1.29 is 8.42 Å². The van der Waals surface area contributed by atoms with Crippen molar-refractivity contribution in [3.8, 4) is 17.3 Å². The molecule has 0 radical (unpaired) electrons. The smallest absolute Gasteiger partial charge is 0.249 e. The quantitative estimate of drug-likeness (QED) is 0.845. The van der Waals surface area contributed by atoms with Gasteiger partial charge in [0.05, 0.1) is 5.69 Å². The first-order valence-corrected chi connectivity index (χ1v) is 7.63. The maximum absolute atomic E-state index is 11.5. The zero-order valence-corrected chi connectivity index (χ0v) is 11.9. The fourth-order valence-electron chi connectivity index (χ4n) is 1.55. The summed E-state index contributed by atoms with van der Waals surface area (Å²) in [7, 11) is -3.63. The minimum absolute atomic E-state index is 0.0275. The molecule has 0 saturated carbocycles. The number of sulfone groups is 1. The second kappa shape index (κ2) is 5.07. The van der Waals surface area contributed by atoms with Crippen LogP contribution < -0.4 is 5.73 Å². The maximum Gasteiger partial charge on any atom is 0.249 e. The molecule has 0 amide bonds. The SMILES string of the molecule is CS(=O)(=O)c1nc(N)c(C#N)c(-c2ccc(Cl)cc2)n1. The van der Waals surface area contributed by atoms with E-state index in [9.17, 15) is 8.42 Å². The third kappa shape index (κ3) is 2.71. The zero-order chi connectivity index (χ0) is 14.9. The van der Waals surface area contributed by atoms with Crippen molar-refractivity contribution in [1.29, 1.82) is 5.26 Å². The molecule has 20 heavy (non-hydrogen) atoms. The van der Waals surface area contributed by atoms with Crippen molar-refractivity contribution in [2.24, 2.45) is 0 Å². The summed E-state index contributed by atoms with van der Waals surface area (Å²) in [6.07, 6.45) is 0.972. The molecular weight excluding hydrogens is 300 g/mol. The molecule has 0 fully saturated rings. The molecule has 8 heteroatoms. The molecule has 0 spiro atoms. The van der Waals surface area contributed by atoms with Crippen LogP contribution in [0.25, 0.3) is 11.3 Å². The molecule has 0 saturated heterocycles. The standard InChI is InChI=1S/C12H9ClN4O2S/c1-20(18,19)12-16-10(9(6-14)11(15)17-12)7-2-4-8(13)5-3-7/h2-5H,1H3,(H2,15,16,17). The summed E-state index contributed by atoms with van der Waals surface area (Å²) in [6.45, 7) is 0. The Labute approximate surface area is 120 Å². The monoisotopic (exact) mass is 308 g/mol. The highest BCUT2D eigenvalue weighted by Gasteiger charge is 2.19. The van der Waals surface area contributed by atoms with Gasteiger partial charge >= 0.3 is 0 Å². The molecule has 1 aromatic heterocycles. The van der Waals surface area contributed by atoms with Crippen LogP contribution in [0.5, 0.6) is 0 Å². The second-order valence-electron chi connectivity index (χ2n) is 4.01. The van der Waals surface area contributed by atoms with Gasteiger partial charge in [0.15, 0.2) is 0 Å². The van der Waals surface area contributed by atoms with Crippen molar-refractivity contribution >= 4 is 27.3 Å². The van der Waals surface area contributed by atoms with Gasteiger partial charge in [-0.25, -0.2) is 13.4 Å². The fourth-order valence-corrected chi connectivity index (χ4v) is 2.20. The van der Waals surface area contributed by atoms with E-state index in [2.05, 4.69) is 9.97 Å². The van der Waals surface area contributed by atoms with Crippen LogP contribution in [0.1, 0.15) is 5.56 Å². The highest BCUT2D eigenvalue weighted by Crippen LogP contribution is 2.26. The van der Waals surface area contributed by atoms with Gasteiger partial charge in [-0.3, -0.25) is 0 Å². The van der Waals surface area contributed by atoms with Gasteiger partial charge in [0.1, 0.15) is 17.5 Å². The van der Waals surface area contributed by atoms with E-state index in [4.69, 9.17) is 22.6 Å². The van der Waals surface area contributed by atoms with Crippen LogP contribution in [0.3, 0.4) is 0 Å². The first-order chi connectivity index (χ1) is 9.32. The van der Waals surface area contributed by atoms with Gasteiger partial charge in [-0.05, 0) is 12.1 Å². The minimum atomic E-state index is -3.63. The van der Waals surface area contributed by atoms with Gasteiger partial charge in [-0.15, -0.1) is 0 Å². The molecule has 2 rings (SSSR count). The second-order valence-corrected chi connectivity index (χ2v) is 6.35. The summed E-state index contributed by atoms with van der Waals surface area (Å²) in [4.78, 5) is 7.58. The Morgan fingerprint density at radius 3 is 2.35 bits per heavy atom. The Balaban J connectivity index is 2.77. The average molecular weight is 309 g/mol. The Bertz CT molecular complexity index is 811. The predicted molar refractivity (Wildman–Crippen MR) is 74.7 cm³/mol. The molecule has 1 aromatic carbocycles. The van der Waals surface area contributed by atoms with Crippen LogP contribution in [-0.4, -0.2) is 24.6 Å². The van der Waals surface area contributed by atoms with Crippen molar-refractivity contribution in [2.75, 3.05) is 12.0 Å². The number of benzene rings is 1. The lowest BCUT2D eigenvalue weighted by atomic mass is 10.1. The van der Waals surface area contributed by atoms with E-state index >= 15 is 0 Å². The van der Waals surface area contributed by atoms with Crippen LogP contribution in [0.2, 0.25) is 5.02 Å². The molecule has 2 N–H and O–H groups in total. The van der Waals surface area contributed by atoms with E-state index in [1.54, 1.807) is 24.3 Å². The minimum Gasteiger partial charge on any atom is -0.382 e. The number of nitrogens with two attached hydrogens (primary N) is 1. The molecule has 102 valence electrons. The maximum atomic E-state index is 11.5. The van der Waals surface area contributed by atoms with Gasteiger partial charge in [0, 0.05) is 16.8 Å². The number of rotatable bonds is 2. The molecule has 0 bridgehead atoms. The highest BCUT2D eigenvalue weighted by molar-refractivity contribution is 7.90. The molecule has 0 aliphatic carbocycles. The first kappa shape index (κ1) is 14.2. The lowest BCUT2D eigenvalue weighted by Gasteiger charge is -2.07. The van der Waals surface area contributed by atoms with Crippen molar-refractivity contribution in [3.63, 3.8) is 0 Å². The summed E-state index contributed by atoms with van der Waals surface area (Å²) < 4.78 is 23.1. The van der Waals surface area contributed by atoms with Gasteiger partial charge < -0.3 is 5.73 Å². The fraction of sp³-hybridized carbons (Fsp3) is 0.0833. The average Bonchev–Trinajstić information content (AvgIpc) is 2.37. The molecule has 0 atom stereocenters. The van der Waals surface area contributed by atoms with E-state index in [0.29, 0.717) is 10.6 Å². The zero-order valence-electron chi connectivity index (χ0n) is 10.3. The number of nitrogens with zero attached hydrogens (tertiary/aromatic N) is 3. The molecule has 1 heterocycles. The molecule has 0 unspecified atom stereocenters. The Hall–Kier alpha value is -2.17. The van der Waals surface area contributed by atoms with E-state index in [1.807, 2.05) is 6.07 Å². The van der Waals surface area contributed by atoms with Gasteiger partial charge in [-0.2, -0.15) is 10.2 Å². The Morgan fingerprint density at radius 2 is 1.85 bits per heavy atom. The number of anilines is 1. The molecule has 0 aliphatic heterocycles. The summed E-state index contributed by atoms with van der Waals surface area (Å²) in [5.41, 5.74) is 6.36. The number of aromatic nitrogens is 2. The van der Waals surface area contributed by atoms with Crippen molar-refractivity contribution in [1.82, 2.24) is 9.97 Å². The number of halogens is 1. The normalized spacial score (nSPS) is 11.1. The van der Waals surface area contributed by atoms with Crippen LogP contribution in [0.4, 0.5) is 5.82 Å². The van der Waals surface area contributed by atoms with Crippen molar-refractivity contribution in [2.45, 2.75) is 5.16 Å². The lowest BCUT2D eigenvalue weighted by molar-refractivity contribution is 0.593. The van der Waals surface area contributed by atoms with Crippen LogP contribution >= 0.6 is 11.6 Å². The largest absolute Gasteiger partial charge is 0.382 e. The van der Waals surface area contributed by atoms with Crippen molar-refractivity contribution in [3.05, 3.63) is 34.9 Å². The number of nitriles is 1.